The number of hydrogen-bond donors (Lipinski definition) is 2. The van der Waals surface area contributed by atoms with Crippen LogP contribution in [0.15, 0.2) is 66.9 Å². The largest absolute Gasteiger partial charge is 0.349 e. The summed E-state index contributed by atoms with van der Waals surface area (Å²) in [4.78, 5) is 32.8. The predicted molar refractivity (Wildman–Crippen MR) is 146 cm³/mol. The number of amides is 3. The molecule has 0 atom stereocenters. The lowest BCUT2D eigenvalue weighted by Gasteiger charge is -2.32. The van der Waals surface area contributed by atoms with Crippen molar-refractivity contribution in [1.82, 2.24) is 25.0 Å². The predicted octanol–water partition coefficient (Wildman–Crippen LogP) is 5.41. The van der Waals surface area contributed by atoms with Gasteiger partial charge in [-0.25, -0.2) is 14.5 Å². The van der Waals surface area contributed by atoms with Gasteiger partial charge in [-0.1, -0.05) is 48.0 Å². The molecule has 8 nitrogen and oxygen atoms in total. The maximum atomic E-state index is 13.5. The van der Waals surface area contributed by atoms with Crippen molar-refractivity contribution in [3.63, 3.8) is 0 Å². The topological polar surface area (TPSA) is 92.2 Å². The van der Waals surface area contributed by atoms with Crippen LogP contribution in [0.2, 0.25) is 0 Å². The molecule has 3 amide bonds. The van der Waals surface area contributed by atoms with E-state index in [2.05, 4.69) is 15.7 Å². The number of hydrogen-bond acceptors (Lipinski definition) is 4. The van der Waals surface area contributed by atoms with Crippen LogP contribution in [0.4, 0.5) is 10.5 Å². The van der Waals surface area contributed by atoms with Crippen LogP contribution in [0, 0.1) is 6.92 Å². The van der Waals surface area contributed by atoms with E-state index in [1.54, 1.807) is 11.1 Å². The number of nitrogens with zero attached hydrogens (tertiary/aromatic N) is 4. The number of aryl methyl sites for hydroxylation is 1. The number of pyridine rings is 1. The van der Waals surface area contributed by atoms with Gasteiger partial charge < -0.3 is 15.5 Å². The molecule has 1 aliphatic heterocycles. The first-order valence-electron chi connectivity index (χ1n) is 12.8. The molecule has 0 radical (unpaired) electrons. The summed E-state index contributed by atoms with van der Waals surface area (Å²) < 4.78 is 1.85. The molecule has 190 valence electrons. The van der Waals surface area contributed by atoms with Crippen LogP contribution >= 0.6 is 0 Å². The van der Waals surface area contributed by atoms with Gasteiger partial charge in [-0.2, -0.15) is 5.10 Å². The van der Waals surface area contributed by atoms with Crippen LogP contribution in [0.3, 0.4) is 0 Å². The van der Waals surface area contributed by atoms with E-state index in [4.69, 9.17) is 4.98 Å². The number of aromatic nitrogens is 3. The minimum atomic E-state index is -0.142. The fraction of sp³-hybridized carbons (Fsp3) is 0.310. The summed E-state index contributed by atoms with van der Waals surface area (Å²) in [5.41, 5.74) is 4.90. The third kappa shape index (κ3) is 5.33. The van der Waals surface area contributed by atoms with Crippen LogP contribution in [0.1, 0.15) is 48.7 Å². The maximum Gasteiger partial charge on any atom is 0.321 e. The Hall–Kier alpha value is -4.20. The molecule has 5 rings (SSSR count). The van der Waals surface area contributed by atoms with E-state index in [-0.39, 0.29) is 24.0 Å². The standard InChI is InChI=1S/C29H32N6O2/c1-19(2)35-27-25(18-30-35)24(17-26(33-27)21-11-9-20(3)10-12-21)28(36)31-23-13-15-34(16-14-23)29(37)32-22-7-5-4-6-8-22/h4-12,17-19,23H,13-16H2,1-3H3,(H,31,36)(H,32,37). The molecule has 2 aromatic heterocycles. The summed E-state index contributed by atoms with van der Waals surface area (Å²) in [7, 11) is 0. The minimum absolute atomic E-state index is 0.0144. The number of anilines is 1. The second-order valence-corrected chi connectivity index (χ2v) is 9.87. The van der Waals surface area contributed by atoms with Crippen molar-refractivity contribution in [3.8, 4) is 11.3 Å². The van der Waals surface area contributed by atoms with Crippen LogP contribution in [0.25, 0.3) is 22.3 Å². The van der Waals surface area contributed by atoms with E-state index in [1.807, 2.05) is 86.1 Å². The molecule has 0 spiro atoms. The van der Waals surface area contributed by atoms with Crippen molar-refractivity contribution >= 4 is 28.7 Å². The second-order valence-electron chi connectivity index (χ2n) is 9.87. The number of rotatable bonds is 5. The number of nitrogens with one attached hydrogen (secondary N) is 2. The average Bonchev–Trinajstić information content (AvgIpc) is 3.34. The lowest BCUT2D eigenvalue weighted by Crippen LogP contribution is -2.47. The average molecular weight is 497 g/mol. The van der Waals surface area contributed by atoms with Gasteiger partial charge in [0, 0.05) is 36.4 Å². The molecule has 1 fully saturated rings. The summed E-state index contributed by atoms with van der Waals surface area (Å²) in [6.07, 6.45) is 3.11. The second kappa shape index (κ2) is 10.4. The molecular weight excluding hydrogens is 464 g/mol. The van der Waals surface area contributed by atoms with Crippen molar-refractivity contribution in [3.05, 3.63) is 78.0 Å². The first kappa shape index (κ1) is 24.5. The van der Waals surface area contributed by atoms with Crippen molar-refractivity contribution in [1.29, 1.82) is 0 Å². The van der Waals surface area contributed by atoms with E-state index < -0.39 is 0 Å². The molecule has 0 aliphatic carbocycles. The van der Waals surface area contributed by atoms with Crippen LogP contribution in [-0.4, -0.2) is 50.7 Å². The van der Waals surface area contributed by atoms with Crippen LogP contribution in [-0.2, 0) is 0 Å². The van der Waals surface area contributed by atoms with Crippen molar-refractivity contribution in [2.45, 2.75) is 45.7 Å². The van der Waals surface area contributed by atoms with Crippen LogP contribution in [0.5, 0.6) is 0 Å². The maximum absolute atomic E-state index is 13.5. The highest BCUT2D eigenvalue weighted by molar-refractivity contribution is 6.06. The van der Waals surface area contributed by atoms with E-state index in [9.17, 15) is 9.59 Å². The summed E-state index contributed by atoms with van der Waals surface area (Å²) >= 11 is 0. The molecule has 0 bridgehead atoms. The first-order chi connectivity index (χ1) is 17.9. The molecule has 0 unspecified atom stereocenters. The van der Waals surface area contributed by atoms with Gasteiger partial charge in [-0.05, 0) is 51.8 Å². The molecule has 1 saturated heterocycles. The zero-order chi connectivity index (χ0) is 25.9. The SMILES string of the molecule is Cc1ccc(-c2cc(C(=O)NC3CCN(C(=O)Nc4ccccc4)CC3)c3cnn(C(C)C)c3n2)cc1. The Morgan fingerprint density at radius 3 is 2.38 bits per heavy atom. The summed E-state index contributed by atoms with van der Waals surface area (Å²) in [6.45, 7) is 7.30. The Morgan fingerprint density at radius 1 is 1.00 bits per heavy atom. The summed E-state index contributed by atoms with van der Waals surface area (Å²) in [5.74, 6) is -0.142. The highest BCUT2D eigenvalue weighted by Crippen LogP contribution is 2.27. The molecule has 1 aliphatic rings. The molecule has 8 heteroatoms. The number of benzene rings is 2. The van der Waals surface area contributed by atoms with Crippen molar-refractivity contribution in [2.24, 2.45) is 0 Å². The number of likely N-dealkylation sites (tertiary alicyclic amines) is 1. The van der Waals surface area contributed by atoms with Gasteiger partial charge in [0.05, 0.1) is 22.8 Å². The monoisotopic (exact) mass is 496 g/mol. The Balaban J connectivity index is 1.32. The number of urea groups is 1. The van der Waals surface area contributed by atoms with Gasteiger partial charge in [0.1, 0.15) is 0 Å². The van der Waals surface area contributed by atoms with Crippen molar-refractivity contribution in [2.75, 3.05) is 18.4 Å². The zero-order valence-electron chi connectivity index (χ0n) is 21.4. The fourth-order valence-electron chi connectivity index (χ4n) is 4.67. The van der Waals surface area contributed by atoms with E-state index in [1.165, 1.54) is 5.56 Å². The van der Waals surface area contributed by atoms with Gasteiger partial charge in [0.15, 0.2) is 5.65 Å². The number of carbonyl (C=O) groups is 2. The highest BCUT2D eigenvalue weighted by atomic mass is 16.2. The number of fused-ring (bicyclic) bond motifs is 1. The summed E-state index contributed by atoms with van der Waals surface area (Å²) in [5, 5.41) is 11.4. The minimum Gasteiger partial charge on any atom is -0.349 e. The molecule has 3 heterocycles. The molecular formula is C29H32N6O2. The Kier molecular flexibility index (Phi) is 6.90. The van der Waals surface area contributed by atoms with Gasteiger partial charge in [0.25, 0.3) is 5.91 Å². The third-order valence-corrected chi connectivity index (χ3v) is 6.79. The smallest absolute Gasteiger partial charge is 0.321 e. The zero-order valence-corrected chi connectivity index (χ0v) is 21.4. The molecule has 4 aromatic rings. The number of para-hydroxylation sites is 1. The Bertz CT molecular complexity index is 1400. The third-order valence-electron chi connectivity index (χ3n) is 6.79. The first-order valence-corrected chi connectivity index (χ1v) is 12.8. The Morgan fingerprint density at radius 2 is 1.70 bits per heavy atom. The van der Waals surface area contributed by atoms with Crippen LogP contribution < -0.4 is 10.6 Å². The quantitative estimate of drug-likeness (QED) is 0.386. The van der Waals surface area contributed by atoms with Gasteiger partial charge in [0.2, 0.25) is 0 Å². The van der Waals surface area contributed by atoms with E-state index in [0.717, 1.165) is 22.3 Å². The van der Waals surface area contributed by atoms with Gasteiger partial charge in [-0.3, -0.25) is 4.79 Å². The van der Waals surface area contributed by atoms with E-state index in [0.29, 0.717) is 37.1 Å². The number of piperidine rings is 1. The molecule has 2 aromatic carbocycles. The van der Waals surface area contributed by atoms with Crippen molar-refractivity contribution < 1.29 is 9.59 Å². The highest BCUT2D eigenvalue weighted by Gasteiger charge is 2.26. The molecule has 2 N–H and O–H groups in total. The number of carbonyl (C=O) groups excluding carboxylic acids is 2. The van der Waals surface area contributed by atoms with Gasteiger partial charge in [-0.15, -0.1) is 0 Å². The lowest BCUT2D eigenvalue weighted by molar-refractivity contribution is 0.0921. The normalized spacial score (nSPS) is 14.2. The fourth-order valence-corrected chi connectivity index (χ4v) is 4.67. The summed E-state index contributed by atoms with van der Waals surface area (Å²) in [6, 6.07) is 19.4. The van der Waals surface area contributed by atoms with E-state index >= 15 is 0 Å². The lowest BCUT2D eigenvalue weighted by atomic mass is 10.0. The van der Waals surface area contributed by atoms with Gasteiger partial charge >= 0.3 is 6.03 Å². The Labute approximate surface area is 216 Å². The molecule has 37 heavy (non-hydrogen) atoms. The molecule has 0 saturated carbocycles.